The van der Waals surface area contributed by atoms with Crippen molar-refractivity contribution < 1.29 is 32.0 Å². The first-order valence-corrected chi connectivity index (χ1v) is 10.4. The third-order valence-corrected chi connectivity index (χ3v) is 5.50. The minimum Gasteiger partial charge on any atom is -0.468 e. The van der Waals surface area contributed by atoms with Crippen molar-refractivity contribution in [3.8, 4) is 0 Å². The lowest BCUT2D eigenvalue weighted by molar-refractivity contribution is -0.130. The lowest BCUT2D eigenvalue weighted by Gasteiger charge is -2.20. The Morgan fingerprint density at radius 1 is 1.20 bits per heavy atom. The first-order chi connectivity index (χ1) is 14.0. The Bertz CT molecular complexity index is 1030. The quantitative estimate of drug-likeness (QED) is 0.527. The normalized spacial score (nSPS) is 12.4. The summed E-state index contributed by atoms with van der Waals surface area (Å²) in [5, 5.41) is 1.87. The van der Waals surface area contributed by atoms with Gasteiger partial charge in [-0.2, -0.15) is 0 Å². The van der Waals surface area contributed by atoms with E-state index in [2.05, 4.69) is 4.72 Å². The first kappa shape index (κ1) is 23.1. The summed E-state index contributed by atoms with van der Waals surface area (Å²) in [4.78, 5) is 35.5. The van der Waals surface area contributed by atoms with E-state index in [4.69, 9.17) is 14.9 Å². The van der Waals surface area contributed by atoms with Crippen LogP contribution >= 0.6 is 0 Å². The summed E-state index contributed by atoms with van der Waals surface area (Å²) in [6.45, 7) is 4.76. The number of benzene rings is 1. The molecule has 10 nitrogen and oxygen atoms in total. The monoisotopic (exact) mass is 437 g/mol. The molecule has 30 heavy (non-hydrogen) atoms. The molecule has 1 atom stereocenters. The standard InChI is InChI=1S/C19H23N3O7S/c1-11(2)16(17(23)22-19(20)25)29-18(24)15-9-14(7-6-12(15)3)30(26,27)21-10-13-5-4-8-28-13/h4-9,11,16,21H,10H2,1-3H3,(H3,20,22,23,25). The zero-order valence-corrected chi connectivity index (χ0v) is 17.5. The van der Waals surface area contributed by atoms with Gasteiger partial charge in [-0.15, -0.1) is 0 Å². The molecule has 0 radical (unpaired) electrons. The molecule has 3 amide bonds. The molecule has 0 bridgehead atoms. The summed E-state index contributed by atoms with van der Waals surface area (Å²) in [6, 6.07) is 6.12. The molecular weight excluding hydrogens is 414 g/mol. The van der Waals surface area contributed by atoms with Gasteiger partial charge in [-0.3, -0.25) is 10.1 Å². The van der Waals surface area contributed by atoms with Gasteiger partial charge < -0.3 is 14.9 Å². The molecular formula is C19H23N3O7S. The van der Waals surface area contributed by atoms with E-state index in [0.29, 0.717) is 11.3 Å². The maximum atomic E-state index is 12.6. The summed E-state index contributed by atoms with van der Waals surface area (Å²) in [5.41, 5.74) is 5.35. The van der Waals surface area contributed by atoms with Crippen LogP contribution in [0.5, 0.6) is 0 Å². The molecule has 0 saturated heterocycles. The topological polar surface area (TPSA) is 158 Å². The van der Waals surface area contributed by atoms with Gasteiger partial charge in [0.2, 0.25) is 10.0 Å². The van der Waals surface area contributed by atoms with E-state index in [9.17, 15) is 22.8 Å². The third-order valence-electron chi connectivity index (χ3n) is 4.10. The summed E-state index contributed by atoms with van der Waals surface area (Å²) >= 11 is 0. The Morgan fingerprint density at radius 3 is 2.47 bits per heavy atom. The van der Waals surface area contributed by atoms with Crippen LogP contribution in [0.2, 0.25) is 0 Å². The Labute approximate surface area is 173 Å². The predicted molar refractivity (Wildman–Crippen MR) is 106 cm³/mol. The SMILES string of the molecule is Cc1ccc(S(=O)(=O)NCc2ccco2)cc1C(=O)OC(C(=O)NC(N)=O)C(C)C. The first-order valence-electron chi connectivity index (χ1n) is 8.95. The van der Waals surface area contributed by atoms with Crippen molar-refractivity contribution in [1.82, 2.24) is 10.0 Å². The largest absolute Gasteiger partial charge is 0.468 e. The molecule has 0 spiro atoms. The molecule has 1 unspecified atom stereocenters. The van der Waals surface area contributed by atoms with Gasteiger partial charge in [0.05, 0.1) is 23.3 Å². The van der Waals surface area contributed by atoms with Crippen molar-refractivity contribution >= 4 is 27.9 Å². The minimum atomic E-state index is -3.94. The molecule has 1 aromatic heterocycles. The molecule has 0 aliphatic heterocycles. The Kier molecular flexibility index (Phi) is 7.35. The highest BCUT2D eigenvalue weighted by molar-refractivity contribution is 7.89. The molecule has 0 aliphatic rings. The van der Waals surface area contributed by atoms with Crippen molar-refractivity contribution in [2.24, 2.45) is 11.7 Å². The van der Waals surface area contributed by atoms with Gasteiger partial charge in [-0.05, 0) is 42.7 Å². The summed E-state index contributed by atoms with van der Waals surface area (Å²) in [6.07, 6.45) is 0.130. The number of hydrogen-bond acceptors (Lipinski definition) is 7. The fourth-order valence-corrected chi connectivity index (χ4v) is 3.53. The van der Waals surface area contributed by atoms with E-state index < -0.39 is 40.0 Å². The van der Waals surface area contributed by atoms with Crippen molar-refractivity contribution in [3.05, 3.63) is 53.5 Å². The number of urea groups is 1. The van der Waals surface area contributed by atoms with Gasteiger partial charge >= 0.3 is 12.0 Å². The highest BCUT2D eigenvalue weighted by Crippen LogP contribution is 2.19. The number of aryl methyl sites for hydroxylation is 1. The third kappa shape index (κ3) is 5.91. The number of primary amides is 1. The number of carbonyl (C=O) groups is 3. The maximum Gasteiger partial charge on any atom is 0.339 e. The number of carbonyl (C=O) groups excluding carboxylic acids is 3. The summed E-state index contributed by atoms with van der Waals surface area (Å²) in [5.74, 6) is -1.82. The smallest absolute Gasteiger partial charge is 0.339 e. The number of rotatable bonds is 8. The van der Waals surface area contributed by atoms with E-state index in [-0.39, 0.29) is 17.0 Å². The maximum absolute atomic E-state index is 12.6. The van der Waals surface area contributed by atoms with Gasteiger partial charge in [-0.25, -0.2) is 22.7 Å². The Balaban J connectivity index is 2.23. The molecule has 0 saturated carbocycles. The highest BCUT2D eigenvalue weighted by Gasteiger charge is 2.29. The van der Waals surface area contributed by atoms with Gasteiger partial charge in [0.1, 0.15) is 5.76 Å². The average molecular weight is 437 g/mol. The Hall–Kier alpha value is -3.18. The highest BCUT2D eigenvalue weighted by atomic mass is 32.2. The molecule has 1 aromatic carbocycles. The van der Waals surface area contributed by atoms with Crippen LogP contribution in [0.15, 0.2) is 45.9 Å². The van der Waals surface area contributed by atoms with Crippen molar-refractivity contribution in [2.75, 3.05) is 0 Å². The van der Waals surface area contributed by atoms with E-state index in [1.807, 2.05) is 5.32 Å². The second-order valence-corrected chi connectivity index (χ2v) is 8.57. The van der Waals surface area contributed by atoms with Crippen molar-refractivity contribution in [2.45, 2.75) is 38.3 Å². The average Bonchev–Trinajstić information content (AvgIpc) is 3.17. The molecule has 1 heterocycles. The summed E-state index contributed by atoms with van der Waals surface area (Å²) < 4.78 is 37.8. The van der Waals surface area contributed by atoms with Gasteiger partial charge in [0, 0.05) is 0 Å². The number of amides is 3. The number of nitrogens with one attached hydrogen (secondary N) is 2. The molecule has 4 N–H and O–H groups in total. The fraction of sp³-hybridized carbons (Fsp3) is 0.316. The van der Waals surface area contributed by atoms with Gasteiger partial charge in [0.15, 0.2) is 6.10 Å². The van der Waals surface area contributed by atoms with E-state index >= 15 is 0 Å². The molecule has 2 aromatic rings. The number of hydrogen-bond donors (Lipinski definition) is 3. The van der Waals surface area contributed by atoms with Gasteiger partial charge in [-0.1, -0.05) is 19.9 Å². The van der Waals surface area contributed by atoms with E-state index in [1.165, 1.54) is 18.4 Å². The van der Waals surface area contributed by atoms with Gasteiger partial charge in [0.25, 0.3) is 5.91 Å². The van der Waals surface area contributed by atoms with Crippen LogP contribution in [0.1, 0.15) is 35.5 Å². The van der Waals surface area contributed by atoms with Crippen LogP contribution < -0.4 is 15.8 Å². The van der Waals surface area contributed by atoms with Crippen molar-refractivity contribution in [3.63, 3.8) is 0 Å². The van der Waals surface area contributed by atoms with Crippen molar-refractivity contribution in [1.29, 1.82) is 0 Å². The Morgan fingerprint density at radius 2 is 1.90 bits per heavy atom. The van der Waals surface area contributed by atoms with Crippen LogP contribution in [0.4, 0.5) is 4.79 Å². The lowest BCUT2D eigenvalue weighted by atomic mass is 10.1. The molecule has 162 valence electrons. The molecule has 11 heteroatoms. The zero-order chi connectivity index (χ0) is 22.5. The second kappa shape index (κ2) is 9.55. The predicted octanol–water partition coefficient (Wildman–Crippen LogP) is 1.44. The fourth-order valence-electron chi connectivity index (χ4n) is 2.51. The number of ether oxygens (including phenoxy) is 1. The number of furan rings is 1. The number of imide groups is 1. The number of esters is 1. The zero-order valence-electron chi connectivity index (χ0n) is 16.7. The van der Waals surface area contributed by atoms with E-state index in [0.717, 1.165) is 6.07 Å². The van der Waals surface area contributed by atoms with Crippen LogP contribution in [0.3, 0.4) is 0 Å². The molecule has 0 aliphatic carbocycles. The van der Waals surface area contributed by atoms with E-state index in [1.54, 1.807) is 32.9 Å². The van der Waals surface area contributed by atoms with Crippen LogP contribution in [0.25, 0.3) is 0 Å². The van der Waals surface area contributed by atoms with Crippen LogP contribution in [0, 0.1) is 12.8 Å². The molecule has 0 fully saturated rings. The summed E-state index contributed by atoms with van der Waals surface area (Å²) in [7, 11) is -3.94. The number of nitrogens with two attached hydrogens (primary N) is 1. The van der Waals surface area contributed by atoms with Crippen LogP contribution in [-0.4, -0.2) is 32.4 Å². The number of sulfonamides is 1. The second-order valence-electron chi connectivity index (χ2n) is 6.80. The minimum absolute atomic E-state index is 0.0339. The molecule has 2 rings (SSSR count). The lowest BCUT2D eigenvalue weighted by Crippen LogP contribution is -2.45. The van der Waals surface area contributed by atoms with Crippen LogP contribution in [-0.2, 0) is 26.1 Å².